The van der Waals surface area contributed by atoms with E-state index in [4.69, 9.17) is 26.2 Å². The van der Waals surface area contributed by atoms with Crippen molar-refractivity contribution >= 4 is 62.8 Å². The highest BCUT2D eigenvalue weighted by Crippen LogP contribution is 2.45. The molecule has 14 nitrogen and oxygen atoms in total. The Morgan fingerprint density at radius 3 is 2.22 bits per heavy atom. The van der Waals surface area contributed by atoms with E-state index in [1.807, 2.05) is 13.8 Å². The molecule has 50 heavy (non-hydrogen) atoms. The van der Waals surface area contributed by atoms with Crippen molar-refractivity contribution in [2.24, 2.45) is 17.6 Å². The first kappa shape index (κ1) is 41.8. The number of unbranched alkanes of at least 4 members (excludes halogenated alkanes) is 2. The Hall–Kier alpha value is -4.36. The molecule has 0 aromatic heterocycles. The number of benzene rings is 1. The topological polar surface area (TPSA) is 206 Å². The maximum atomic E-state index is 13.4. The molecule has 1 aliphatic rings. The molecule has 1 saturated heterocycles. The third-order valence-electron chi connectivity index (χ3n) is 9.01. The molecule has 2 rings (SSSR count). The van der Waals surface area contributed by atoms with E-state index in [2.05, 4.69) is 21.3 Å². The Kier molecular flexibility index (Phi) is 17.0. The van der Waals surface area contributed by atoms with Gasteiger partial charge in [-0.3, -0.25) is 33.7 Å². The highest BCUT2D eigenvalue weighted by molar-refractivity contribution is 6.55. The van der Waals surface area contributed by atoms with Gasteiger partial charge in [-0.2, -0.15) is 0 Å². The fourth-order valence-electron chi connectivity index (χ4n) is 5.74. The third kappa shape index (κ3) is 13.2. The van der Waals surface area contributed by atoms with Crippen molar-refractivity contribution in [3.8, 4) is 0 Å². The van der Waals surface area contributed by atoms with Gasteiger partial charge >= 0.3 is 6.03 Å². The predicted octanol–water partition coefficient (Wildman–Crippen LogP) is 2.59. The normalized spacial score (nSPS) is 15.7. The molecule has 6 N–H and O–H groups in total. The van der Waals surface area contributed by atoms with Crippen molar-refractivity contribution in [1.82, 2.24) is 20.9 Å². The summed E-state index contributed by atoms with van der Waals surface area (Å²) in [6, 6.07) is 3.81. The number of carbonyl (C=O) groups excluding carboxylic acids is 7. The monoisotopic (exact) mass is 692 g/mol. The van der Waals surface area contributed by atoms with Crippen molar-refractivity contribution in [3.63, 3.8) is 0 Å². The van der Waals surface area contributed by atoms with E-state index in [9.17, 15) is 33.6 Å². The lowest BCUT2D eigenvalue weighted by Crippen LogP contribution is -2.54. The molecule has 1 aromatic rings. The Morgan fingerprint density at radius 2 is 1.64 bits per heavy atom. The zero-order chi connectivity index (χ0) is 37.4. The summed E-state index contributed by atoms with van der Waals surface area (Å²) in [5.41, 5.74) is 6.20. The summed E-state index contributed by atoms with van der Waals surface area (Å²) in [5, 5.41) is 9.99. The summed E-state index contributed by atoms with van der Waals surface area (Å²) in [6.07, 6.45) is 3.52. The number of carbonyl (C=O) groups is 7. The van der Waals surface area contributed by atoms with Crippen LogP contribution >= 0.6 is 0 Å². The number of nitrogens with one attached hydrogen (secondary N) is 4. The molecule has 1 heterocycles. The number of likely N-dealkylation sites (tertiary alicyclic amines) is 1. The Balaban J connectivity index is 1.93. The van der Waals surface area contributed by atoms with Gasteiger partial charge in [0.05, 0.1) is 7.85 Å². The fourth-order valence-corrected chi connectivity index (χ4v) is 5.74. The number of rotatable bonds is 21. The molecule has 270 valence electrons. The van der Waals surface area contributed by atoms with Crippen LogP contribution in [0, 0.1) is 11.8 Å². The predicted molar refractivity (Wildman–Crippen MR) is 189 cm³/mol. The van der Waals surface area contributed by atoms with E-state index in [-0.39, 0.29) is 62.6 Å². The van der Waals surface area contributed by atoms with Gasteiger partial charge in [-0.05, 0) is 49.3 Å². The van der Waals surface area contributed by atoms with Gasteiger partial charge in [0, 0.05) is 37.5 Å². The molecule has 7 amide bonds. The largest absolute Gasteiger partial charge is 0.470 e. The van der Waals surface area contributed by atoms with E-state index in [0.29, 0.717) is 49.8 Å². The first-order valence-corrected chi connectivity index (χ1v) is 17.2. The van der Waals surface area contributed by atoms with Crippen LogP contribution in [0.4, 0.5) is 15.3 Å². The third-order valence-corrected chi connectivity index (χ3v) is 9.01. The van der Waals surface area contributed by atoms with Gasteiger partial charge in [0.15, 0.2) is 0 Å². The molecule has 0 saturated carbocycles. The number of nitrogens with two attached hydrogens (primary N) is 1. The van der Waals surface area contributed by atoms with Crippen molar-refractivity contribution in [3.05, 3.63) is 29.8 Å². The Labute approximate surface area is 296 Å². The lowest BCUT2D eigenvalue weighted by molar-refractivity contribution is -0.140. The van der Waals surface area contributed by atoms with Gasteiger partial charge in [-0.1, -0.05) is 64.4 Å². The van der Waals surface area contributed by atoms with Crippen molar-refractivity contribution in [1.29, 1.82) is 0 Å². The average molecular weight is 692 g/mol. The lowest BCUT2D eigenvalue weighted by Gasteiger charge is -2.32. The number of amides is 7. The van der Waals surface area contributed by atoms with E-state index in [1.54, 1.807) is 38.1 Å². The summed E-state index contributed by atoms with van der Waals surface area (Å²) >= 11 is 0. The maximum Gasteiger partial charge on any atom is 0.312 e. The molecule has 1 aliphatic heterocycles. The number of anilines is 1. The first-order valence-electron chi connectivity index (χ1n) is 17.2. The van der Waals surface area contributed by atoms with Crippen LogP contribution in [0.5, 0.6) is 0 Å². The van der Waals surface area contributed by atoms with Crippen LogP contribution in [-0.2, 0) is 35.3 Å². The smallest absolute Gasteiger partial charge is 0.312 e. The Morgan fingerprint density at radius 1 is 0.980 bits per heavy atom. The van der Waals surface area contributed by atoms with Gasteiger partial charge < -0.3 is 31.7 Å². The SMILES string of the molecule is [B]C(=O)OCc1ccc(NC(=O)[C@H](CCCNC(N)=O)NC(=O)C(NC(=O)CCCCCN2C(=O)CC(C([B])(CC)CC)C2=O)C(C)C)cc1. The van der Waals surface area contributed by atoms with Crippen molar-refractivity contribution in [2.45, 2.75) is 109 Å². The van der Waals surface area contributed by atoms with Crippen LogP contribution in [0.2, 0.25) is 5.31 Å². The molecule has 4 radical (unpaired) electrons. The Bertz CT molecular complexity index is 1360. The number of imide groups is 1. The van der Waals surface area contributed by atoms with E-state index < -0.39 is 47.0 Å². The minimum atomic E-state index is -1.01. The molecular weight excluding hydrogens is 642 g/mol. The fraction of sp³-hybridized carbons (Fsp3) is 0.618. The highest BCUT2D eigenvalue weighted by atomic mass is 16.5. The number of primary amides is 1. The minimum Gasteiger partial charge on any atom is -0.470 e. The van der Waals surface area contributed by atoms with Crippen LogP contribution in [0.3, 0.4) is 0 Å². The summed E-state index contributed by atoms with van der Waals surface area (Å²) in [6.45, 7) is 7.78. The number of hydrogen-bond acceptors (Lipinski definition) is 8. The molecule has 3 atom stereocenters. The quantitative estimate of drug-likeness (QED) is 0.0734. The van der Waals surface area contributed by atoms with Crippen molar-refractivity contribution in [2.75, 3.05) is 18.4 Å². The van der Waals surface area contributed by atoms with Crippen LogP contribution in [-0.4, -0.2) is 87.2 Å². The molecular formula is C34H50B2N6O8. The van der Waals surface area contributed by atoms with Gasteiger partial charge in [-0.15, -0.1) is 0 Å². The molecule has 0 bridgehead atoms. The number of hydrogen-bond donors (Lipinski definition) is 5. The molecule has 1 fully saturated rings. The molecule has 0 aliphatic carbocycles. The average Bonchev–Trinajstić information content (AvgIpc) is 3.36. The number of urea groups is 1. The maximum absolute atomic E-state index is 13.4. The highest BCUT2D eigenvalue weighted by Gasteiger charge is 2.46. The summed E-state index contributed by atoms with van der Waals surface area (Å²) in [5.74, 6) is -3.61. The molecule has 0 spiro atoms. The molecule has 1 aromatic carbocycles. The van der Waals surface area contributed by atoms with Gasteiger partial charge in [0.2, 0.25) is 43.3 Å². The number of ether oxygens (including phenoxy) is 1. The zero-order valence-corrected chi connectivity index (χ0v) is 29.5. The number of nitrogens with zero attached hydrogens (tertiary/aromatic N) is 1. The standard InChI is InChI=1S/C34H50B2N6O8/c1-5-34(36,6-2)24-19-27(44)42(31(24)47)18-9-7-8-12-26(43)41-28(21(3)4)30(46)40-25(11-10-17-38-33(37)49)29(45)39-23-15-13-22(14-16-23)20-50-32(35)48/h13-16,21,24-25,28H,5-12,17-20H2,1-4H3,(H,39,45)(H,40,46)(H,41,43)(H3,37,38,49)/t24?,25-,28?/m0/s1. The second-order valence-electron chi connectivity index (χ2n) is 13.0. The summed E-state index contributed by atoms with van der Waals surface area (Å²) in [4.78, 5) is 88.2. The van der Waals surface area contributed by atoms with Crippen LogP contribution in [0.25, 0.3) is 0 Å². The van der Waals surface area contributed by atoms with Crippen LogP contribution in [0.1, 0.15) is 91.0 Å². The summed E-state index contributed by atoms with van der Waals surface area (Å²) < 4.78 is 4.76. The van der Waals surface area contributed by atoms with Crippen LogP contribution in [0.15, 0.2) is 24.3 Å². The van der Waals surface area contributed by atoms with E-state index >= 15 is 0 Å². The van der Waals surface area contributed by atoms with Gasteiger partial charge in [0.25, 0.3) is 0 Å². The first-order chi connectivity index (χ1) is 23.6. The summed E-state index contributed by atoms with van der Waals surface area (Å²) in [7, 11) is 11.4. The molecule has 16 heteroatoms. The van der Waals surface area contributed by atoms with Gasteiger partial charge in [-0.25, -0.2) is 4.79 Å². The van der Waals surface area contributed by atoms with E-state index in [0.717, 1.165) is 0 Å². The van der Waals surface area contributed by atoms with E-state index in [1.165, 1.54) is 4.90 Å². The second-order valence-corrected chi connectivity index (χ2v) is 13.0. The van der Waals surface area contributed by atoms with Crippen molar-refractivity contribution < 1.29 is 38.3 Å². The molecule has 2 unspecified atom stereocenters. The minimum absolute atomic E-state index is 0.0353. The van der Waals surface area contributed by atoms with Gasteiger partial charge in [0.1, 0.15) is 18.7 Å². The lowest BCUT2D eigenvalue weighted by atomic mass is 9.57. The second kappa shape index (κ2) is 20.3. The van der Waals surface area contributed by atoms with Crippen LogP contribution < -0.4 is 27.0 Å². The zero-order valence-electron chi connectivity index (χ0n) is 29.5.